The van der Waals surface area contributed by atoms with E-state index in [9.17, 15) is 0 Å². The zero-order chi connectivity index (χ0) is 10.9. The van der Waals surface area contributed by atoms with Crippen LogP contribution in [0.4, 0.5) is 0 Å². The molecule has 0 aliphatic rings. The summed E-state index contributed by atoms with van der Waals surface area (Å²) in [4.78, 5) is 0. The highest BCUT2D eigenvalue weighted by atomic mass is 14.3. The van der Waals surface area contributed by atoms with Crippen LogP contribution in [0.25, 0.3) is 0 Å². The quantitative estimate of drug-likeness (QED) is 0.473. The van der Waals surface area contributed by atoms with Crippen LogP contribution in [-0.4, -0.2) is 0 Å². The molecule has 0 aliphatic carbocycles. The molecule has 0 aliphatic heterocycles. The third-order valence-corrected chi connectivity index (χ3v) is 0.911. The zero-order valence-corrected chi connectivity index (χ0v) is 6.86. The van der Waals surface area contributed by atoms with Crippen LogP contribution in [0.2, 0.25) is 0 Å². The molecule has 0 saturated carbocycles. The van der Waals surface area contributed by atoms with Crippen molar-refractivity contribution in [1.29, 1.82) is 0 Å². The summed E-state index contributed by atoms with van der Waals surface area (Å²) in [6.45, 7) is 5.60. The third kappa shape index (κ3) is 8.00. The Hall–Kier alpha value is 0. The average molecular weight is 132 g/mol. The molecule has 56 valence electrons. The normalized spacial score (nSPS) is 21.1. The highest BCUT2D eigenvalue weighted by molar-refractivity contribution is 4.71. The van der Waals surface area contributed by atoms with Crippen molar-refractivity contribution >= 4 is 0 Å². The molecule has 0 N–H and O–H groups in total. The lowest BCUT2D eigenvalue weighted by Crippen LogP contribution is -2.16. The van der Waals surface area contributed by atoms with Crippen molar-refractivity contribution in [1.82, 2.24) is 0 Å². The molecule has 0 heterocycles. The fourth-order valence-electron chi connectivity index (χ4n) is 1.17. The standard InChI is InChI=1S/C9H20/c1-8(2,3)7-9(4,5)6/h7H2,1-6H3/i1D2,4D2. The van der Waals surface area contributed by atoms with Gasteiger partial charge in [0.25, 0.3) is 0 Å². The summed E-state index contributed by atoms with van der Waals surface area (Å²) in [7, 11) is 0. The molecule has 0 saturated heterocycles. The lowest BCUT2D eigenvalue weighted by molar-refractivity contribution is 0.233. The highest BCUT2D eigenvalue weighted by Crippen LogP contribution is 2.31. The maximum Gasteiger partial charge on any atom is 0.0236 e. The zero-order valence-electron chi connectivity index (χ0n) is 10.9. The molecule has 0 aromatic heterocycles. The van der Waals surface area contributed by atoms with E-state index in [2.05, 4.69) is 0 Å². The van der Waals surface area contributed by atoms with Gasteiger partial charge in [0, 0.05) is 5.48 Å². The predicted octanol–water partition coefficient (Wildman–Crippen LogP) is 3.47. The summed E-state index contributed by atoms with van der Waals surface area (Å²) in [5.74, 6) is 0. The van der Waals surface area contributed by atoms with E-state index in [1.807, 2.05) is 27.7 Å². The molecule has 0 radical (unpaired) electrons. The summed E-state index contributed by atoms with van der Waals surface area (Å²) in [5, 5.41) is 0. The van der Waals surface area contributed by atoms with Crippen LogP contribution in [0.1, 0.15) is 53.4 Å². The molecule has 0 heteroatoms. The van der Waals surface area contributed by atoms with Crippen LogP contribution >= 0.6 is 0 Å². The van der Waals surface area contributed by atoms with Gasteiger partial charge in [0.1, 0.15) is 0 Å². The lowest BCUT2D eigenvalue weighted by Gasteiger charge is -2.28. The summed E-state index contributed by atoms with van der Waals surface area (Å²) in [6, 6.07) is 0. The molecular weight excluding hydrogens is 108 g/mol. The van der Waals surface area contributed by atoms with E-state index < -0.39 is 24.6 Å². The fraction of sp³-hybridized carbons (Fsp3) is 1.00. The third-order valence-electron chi connectivity index (χ3n) is 0.911. The van der Waals surface area contributed by atoms with Crippen LogP contribution in [0.3, 0.4) is 0 Å². The molecule has 0 aromatic rings. The van der Waals surface area contributed by atoms with Crippen molar-refractivity contribution < 1.29 is 5.48 Å². The van der Waals surface area contributed by atoms with Gasteiger partial charge in [-0.15, -0.1) is 0 Å². The predicted molar refractivity (Wildman–Crippen MR) is 43.5 cm³/mol. The molecular formula is C9H20. The van der Waals surface area contributed by atoms with Crippen LogP contribution in [0.15, 0.2) is 0 Å². The van der Waals surface area contributed by atoms with Gasteiger partial charge in [-0.3, -0.25) is 0 Å². The first-order valence-corrected chi connectivity index (χ1v) is 3.28. The molecule has 0 aromatic carbocycles. The van der Waals surface area contributed by atoms with Crippen LogP contribution in [0, 0.1) is 10.8 Å². The van der Waals surface area contributed by atoms with Gasteiger partial charge in [0.05, 0.1) is 0 Å². The molecule has 0 amide bonds. The number of hydrogen-bond donors (Lipinski definition) is 0. The average Bonchev–Trinajstić information content (AvgIpc) is 1.83. The summed E-state index contributed by atoms with van der Waals surface area (Å²) in [6.07, 6.45) is 0.565. The van der Waals surface area contributed by atoms with Crippen LogP contribution in [-0.2, 0) is 0 Å². The minimum Gasteiger partial charge on any atom is -0.0602 e. The van der Waals surface area contributed by atoms with E-state index in [0.717, 1.165) is 0 Å². The molecule has 0 nitrogen and oxygen atoms in total. The lowest BCUT2D eigenvalue weighted by atomic mass is 9.78. The Kier molecular flexibility index (Phi) is 1.03. The van der Waals surface area contributed by atoms with Gasteiger partial charge in [-0.1, -0.05) is 41.4 Å². The van der Waals surface area contributed by atoms with E-state index in [1.54, 1.807) is 0 Å². The first-order valence-electron chi connectivity index (χ1n) is 5.59. The summed E-state index contributed by atoms with van der Waals surface area (Å²) in [5.41, 5.74) is -0.881. The van der Waals surface area contributed by atoms with Crippen molar-refractivity contribution in [3.63, 3.8) is 0 Å². The van der Waals surface area contributed by atoms with E-state index in [4.69, 9.17) is 5.48 Å². The van der Waals surface area contributed by atoms with Gasteiger partial charge < -0.3 is 0 Å². The maximum absolute atomic E-state index is 7.35. The van der Waals surface area contributed by atoms with Crippen molar-refractivity contribution in [2.24, 2.45) is 10.8 Å². The Balaban J connectivity index is 4.42. The Morgan fingerprint density at radius 3 is 1.56 bits per heavy atom. The second kappa shape index (κ2) is 2.32. The van der Waals surface area contributed by atoms with Crippen molar-refractivity contribution in [2.75, 3.05) is 0 Å². The molecule has 0 spiro atoms. The van der Waals surface area contributed by atoms with Crippen molar-refractivity contribution in [2.45, 2.75) is 47.9 Å². The van der Waals surface area contributed by atoms with Crippen LogP contribution < -0.4 is 0 Å². The van der Waals surface area contributed by atoms with E-state index in [1.165, 1.54) is 0 Å². The topological polar surface area (TPSA) is 0 Å². The fourth-order valence-corrected chi connectivity index (χ4v) is 1.17. The Morgan fingerprint density at radius 2 is 1.33 bits per heavy atom. The maximum atomic E-state index is 7.35. The van der Waals surface area contributed by atoms with E-state index >= 15 is 0 Å². The molecule has 0 atom stereocenters. The van der Waals surface area contributed by atoms with Gasteiger partial charge >= 0.3 is 0 Å². The second-order valence-corrected chi connectivity index (χ2v) is 4.15. The monoisotopic (exact) mass is 132 g/mol. The second-order valence-electron chi connectivity index (χ2n) is 4.15. The van der Waals surface area contributed by atoms with Crippen molar-refractivity contribution in [3.05, 3.63) is 0 Å². The van der Waals surface area contributed by atoms with Gasteiger partial charge in [-0.2, -0.15) is 0 Å². The summed E-state index contributed by atoms with van der Waals surface area (Å²) >= 11 is 0. The van der Waals surface area contributed by atoms with Gasteiger partial charge in [-0.25, -0.2) is 0 Å². The SMILES string of the molecule is [2H]C([2H])C(C)(C)CC(C)(C)C([2H])[2H]. The van der Waals surface area contributed by atoms with E-state index in [-0.39, 0.29) is 0 Å². The number of hydrogen-bond acceptors (Lipinski definition) is 0. The minimum atomic E-state index is -0.898. The number of rotatable bonds is 0. The first kappa shape index (κ1) is 4.00. The van der Waals surface area contributed by atoms with E-state index in [0.29, 0.717) is 6.42 Å². The Labute approximate surface area is 65.3 Å². The molecule has 0 bridgehead atoms. The summed E-state index contributed by atoms with van der Waals surface area (Å²) < 4.78 is 29.4. The van der Waals surface area contributed by atoms with Gasteiger partial charge in [-0.05, 0) is 17.3 Å². The minimum absolute atomic E-state index is 0.441. The molecule has 0 rings (SSSR count). The van der Waals surface area contributed by atoms with Gasteiger partial charge in [0.15, 0.2) is 0 Å². The van der Waals surface area contributed by atoms with Crippen LogP contribution in [0.5, 0.6) is 0 Å². The molecule has 0 fully saturated rings. The Morgan fingerprint density at radius 1 is 1.00 bits per heavy atom. The Bertz CT molecular complexity index is 143. The largest absolute Gasteiger partial charge is 0.0602 e. The van der Waals surface area contributed by atoms with Gasteiger partial charge in [0.2, 0.25) is 0 Å². The first-order chi connectivity index (χ1) is 5.59. The smallest absolute Gasteiger partial charge is 0.0236 e. The molecule has 0 unspecified atom stereocenters. The molecule has 9 heavy (non-hydrogen) atoms. The van der Waals surface area contributed by atoms with Crippen molar-refractivity contribution in [3.8, 4) is 0 Å². The highest BCUT2D eigenvalue weighted by Gasteiger charge is 2.19.